The van der Waals surface area contributed by atoms with Crippen molar-refractivity contribution in [1.29, 1.82) is 0 Å². The minimum absolute atomic E-state index is 0.0212. The highest BCUT2D eigenvalue weighted by Gasteiger charge is 2.54. The van der Waals surface area contributed by atoms with Crippen molar-refractivity contribution in [2.24, 2.45) is 0 Å². The summed E-state index contributed by atoms with van der Waals surface area (Å²) in [6, 6.07) is 10.7. The Kier molecular flexibility index (Phi) is 4.79. The maximum Gasteiger partial charge on any atom is 0.348 e. The Bertz CT molecular complexity index is 1110. The van der Waals surface area contributed by atoms with Gasteiger partial charge in [0.2, 0.25) is 17.4 Å². The molecule has 0 aliphatic heterocycles. The van der Waals surface area contributed by atoms with Crippen molar-refractivity contribution >= 4 is 17.6 Å². The Hall–Kier alpha value is -3.26. The molecule has 1 aliphatic carbocycles. The van der Waals surface area contributed by atoms with E-state index in [0.29, 0.717) is 12.8 Å². The van der Waals surface area contributed by atoms with Crippen molar-refractivity contribution in [3.8, 4) is 28.9 Å². The minimum atomic E-state index is -1.35. The van der Waals surface area contributed by atoms with Crippen LogP contribution in [0.15, 0.2) is 48.5 Å². The summed E-state index contributed by atoms with van der Waals surface area (Å²) in [5.41, 5.74) is -1.07. The number of halogens is 3. The minimum Gasteiger partial charge on any atom is -0.478 e. The molecule has 2 aromatic carbocycles. The molecule has 1 fully saturated rings. The highest BCUT2D eigenvalue weighted by atomic mass is 35.5. The van der Waals surface area contributed by atoms with Crippen LogP contribution in [-0.4, -0.2) is 26.6 Å². The molecule has 1 aliphatic rings. The molecule has 1 heterocycles. The van der Waals surface area contributed by atoms with E-state index in [-0.39, 0.29) is 33.9 Å². The lowest BCUT2D eigenvalue weighted by Crippen LogP contribution is -2.29. The van der Waals surface area contributed by atoms with Crippen molar-refractivity contribution in [3.63, 3.8) is 0 Å². The highest BCUT2D eigenvalue weighted by molar-refractivity contribution is 6.30. The number of aliphatic carboxylic acids is 1. The molecule has 0 radical (unpaired) electrons. The van der Waals surface area contributed by atoms with Gasteiger partial charge >= 0.3 is 5.97 Å². The third-order valence-corrected chi connectivity index (χ3v) is 4.58. The van der Waals surface area contributed by atoms with Gasteiger partial charge in [-0.1, -0.05) is 17.7 Å². The van der Waals surface area contributed by atoms with E-state index < -0.39 is 23.2 Å². The second-order valence-corrected chi connectivity index (χ2v) is 6.87. The predicted octanol–water partition coefficient (Wildman–Crippen LogP) is 4.86. The van der Waals surface area contributed by atoms with E-state index in [1.54, 1.807) is 0 Å². The summed E-state index contributed by atoms with van der Waals surface area (Å²) in [5, 5.41) is 9.28. The van der Waals surface area contributed by atoms with Gasteiger partial charge in [0.25, 0.3) is 0 Å². The van der Waals surface area contributed by atoms with E-state index in [2.05, 4.69) is 9.97 Å². The lowest BCUT2D eigenvalue weighted by Gasteiger charge is -2.14. The Morgan fingerprint density at radius 2 is 1.83 bits per heavy atom. The number of carbonyl (C=O) groups is 1. The molecule has 148 valence electrons. The summed E-state index contributed by atoms with van der Waals surface area (Å²) in [6.07, 6.45) is 0.661. The van der Waals surface area contributed by atoms with E-state index in [1.165, 1.54) is 36.4 Å². The first kappa shape index (κ1) is 19.1. The zero-order chi connectivity index (χ0) is 20.6. The number of benzene rings is 2. The SMILES string of the molecule is O=C(O)C1(Oc2cc(Oc3cccc(F)c3)nc(-c3ccc(Cl)c(F)c3)n2)CC1. The molecular weight excluding hydrogens is 406 g/mol. The average Bonchev–Trinajstić information content (AvgIpc) is 3.45. The Balaban J connectivity index is 1.74. The fourth-order valence-electron chi connectivity index (χ4n) is 2.60. The number of ether oxygens (including phenoxy) is 2. The third kappa shape index (κ3) is 4.12. The van der Waals surface area contributed by atoms with Crippen molar-refractivity contribution in [3.05, 3.63) is 65.2 Å². The van der Waals surface area contributed by atoms with Crippen LogP contribution in [0.3, 0.4) is 0 Å². The fraction of sp³-hybridized carbons (Fsp3) is 0.150. The summed E-state index contributed by atoms with van der Waals surface area (Å²) in [5.74, 6) is -2.16. The van der Waals surface area contributed by atoms with Crippen molar-refractivity contribution in [2.45, 2.75) is 18.4 Å². The quantitative estimate of drug-likeness (QED) is 0.615. The normalized spacial score (nSPS) is 14.3. The van der Waals surface area contributed by atoms with E-state index >= 15 is 0 Å². The van der Waals surface area contributed by atoms with Crippen molar-refractivity contribution in [2.75, 3.05) is 0 Å². The number of aromatic nitrogens is 2. The van der Waals surface area contributed by atoms with Gasteiger partial charge in [-0.3, -0.25) is 0 Å². The molecule has 0 unspecified atom stereocenters. The fourth-order valence-corrected chi connectivity index (χ4v) is 2.71. The smallest absolute Gasteiger partial charge is 0.348 e. The van der Waals surface area contributed by atoms with Crippen LogP contribution in [0.2, 0.25) is 5.02 Å². The van der Waals surface area contributed by atoms with Gasteiger partial charge in [0.1, 0.15) is 17.4 Å². The molecule has 1 N–H and O–H groups in total. The highest BCUT2D eigenvalue weighted by Crippen LogP contribution is 2.41. The summed E-state index contributed by atoms with van der Waals surface area (Å²) in [7, 11) is 0. The molecule has 0 saturated heterocycles. The summed E-state index contributed by atoms with van der Waals surface area (Å²) in [4.78, 5) is 19.8. The van der Waals surface area contributed by atoms with Gasteiger partial charge in [0.05, 0.1) is 11.1 Å². The van der Waals surface area contributed by atoms with Gasteiger partial charge < -0.3 is 14.6 Å². The second kappa shape index (κ2) is 7.29. The molecular formula is C20H13ClF2N2O4. The molecule has 0 atom stereocenters. The van der Waals surface area contributed by atoms with Crippen LogP contribution < -0.4 is 9.47 Å². The molecule has 4 rings (SSSR count). The lowest BCUT2D eigenvalue weighted by atomic mass is 10.2. The Morgan fingerprint density at radius 3 is 2.48 bits per heavy atom. The molecule has 9 heteroatoms. The van der Waals surface area contributed by atoms with Gasteiger partial charge in [-0.05, 0) is 30.3 Å². The van der Waals surface area contributed by atoms with Crippen molar-refractivity contribution < 1.29 is 28.2 Å². The number of hydrogen-bond donors (Lipinski definition) is 1. The molecule has 1 aromatic heterocycles. The molecule has 6 nitrogen and oxygen atoms in total. The van der Waals surface area contributed by atoms with Crippen LogP contribution in [0.5, 0.6) is 17.5 Å². The first-order valence-corrected chi connectivity index (χ1v) is 8.93. The number of carboxylic acid groups (broad SMARTS) is 1. The van der Waals surface area contributed by atoms with Gasteiger partial charge in [-0.25, -0.2) is 13.6 Å². The van der Waals surface area contributed by atoms with Crippen LogP contribution in [0.4, 0.5) is 8.78 Å². The first-order chi connectivity index (χ1) is 13.8. The van der Waals surface area contributed by atoms with Gasteiger partial charge in [0.15, 0.2) is 5.82 Å². The van der Waals surface area contributed by atoms with Gasteiger partial charge in [-0.15, -0.1) is 0 Å². The van der Waals surface area contributed by atoms with Gasteiger partial charge in [0, 0.05) is 24.5 Å². The zero-order valence-electron chi connectivity index (χ0n) is 14.7. The summed E-state index contributed by atoms with van der Waals surface area (Å²) >= 11 is 5.72. The largest absolute Gasteiger partial charge is 0.478 e. The lowest BCUT2D eigenvalue weighted by molar-refractivity contribution is -0.147. The Morgan fingerprint density at radius 1 is 1.07 bits per heavy atom. The zero-order valence-corrected chi connectivity index (χ0v) is 15.5. The predicted molar refractivity (Wildman–Crippen MR) is 99.1 cm³/mol. The monoisotopic (exact) mass is 418 g/mol. The molecule has 1 saturated carbocycles. The molecule has 0 spiro atoms. The van der Waals surface area contributed by atoms with E-state index in [1.807, 2.05) is 0 Å². The topological polar surface area (TPSA) is 81.5 Å². The molecule has 29 heavy (non-hydrogen) atoms. The standard InChI is InChI=1S/C20H13ClF2N2O4/c21-14-5-4-11(8-15(14)23)18-24-16(28-13-3-1-2-12(22)9-13)10-17(25-18)29-20(6-7-20)19(26)27/h1-5,8-10H,6-7H2,(H,26,27). The van der Waals surface area contributed by atoms with Crippen LogP contribution in [0.1, 0.15) is 12.8 Å². The summed E-state index contributed by atoms with van der Waals surface area (Å²) in [6.45, 7) is 0. The number of nitrogens with zero attached hydrogens (tertiary/aromatic N) is 2. The second-order valence-electron chi connectivity index (χ2n) is 6.46. The van der Waals surface area contributed by atoms with Crippen LogP contribution in [-0.2, 0) is 4.79 Å². The maximum absolute atomic E-state index is 13.9. The van der Waals surface area contributed by atoms with E-state index in [4.69, 9.17) is 21.1 Å². The molecule has 3 aromatic rings. The van der Waals surface area contributed by atoms with Gasteiger partial charge in [-0.2, -0.15) is 9.97 Å². The average molecular weight is 419 g/mol. The van der Waals surface area contributed by atoms with Crippen molar-refractivity contribution in [1.82, 2.24) is 9.97 Å². The van der Waals surface area contributed by atoms with Crippen LogP contribution in [0, 0.1) is 11.6 Å². The number of carboxylic acids is 1. The van der Waals surface area contributed by atoms with Crippen LogP contribution >= 0.6 is 11.6 Å². The number of rotatable bonds is 6. The Labute approximate surface area is 168 Å². The summed E-state index contributed by atoms with van der Waals surface area (Å²) < 4.78 is 38.5. The van der Waals surface area contributed by atoms with Crippen LogP contribution in [0.25, 0.3) is 11.4 Å². The van der Waals surface area contributed by atoms with E-state index in [0.717, 1.165) is 12.1 Å². The third-order valence-electron chi connectivity index (χ3n) is 4.27. The van der Waals surface area contributed by atoms with E-state index in [9.17, 15) is 18.7 Å². The first-order valence-electron chi connectivity index (χ1n) is 8.55. The molecule has 0 amide bonds. The maximum atomic E-state index is 13.9. The molecule has 0 bridgehead atoms. The number of hydrogen-bond acceptors (Lipinski definition) is 5.